The average Bonchev–Trinajstić information content (AvgIpc) is 2.39. The van der Waals surface area contributed by atoms with E-state index in [1.165, 1.54) is 0 Å². The van der Waals surface area contributed by atoms with Gasteiger partial charge in [0.2, 0.25) is 0 Å². The summed E-state index contributed by atoms with van der Waals surface area (Å²) in [6.07, 6.45) is 3.34. The second-order valence-corrected chi connectivity index (χ2v) is 7.62. The van der Waals surface area contributed by atoms with Gasteiger partial charge in [-0.05, 0) is 43.5 Å². The first-order valence-corrected chi connectivity index (χ1v) is 8.16. The maximum atomic E-state index is 12.5. The molecule has 0 aliphatic heterocycles. The molecule has 0 amide bonds. The molecule has 1 saturated carbocycles. The number of sulfone groups is 1. The normalized spacial score (nSPS) is 24.8. The molecule has 1 aromatic rings. The van der Waals surface area contributed by atoms with Crippen molar-refractivity contribution in [3.63, 3.8) is 0 Å². The van der Waals surface area contributed by atoms with Crippen LogP contribution in [0.5, 0.6) is 5.75 Å². The Hall–Kier alpha value is -0.680. The Bertz CT molecular complexity index is 493. The van der Waals surface area contributed by atoms with E-state index in [4.69, 9.17) is 4.74 Å². The zero-order valence-electron chi connectivity index (χ0n) is 10.4. The second-order valence-electron chi connectivity index (χ2n) is 4.66. The predicted octanol–water partition coefficient (Wildman–Crippen LogP) is 2.71. The van der Waals surface area contributed by atoms with Crippen LogP contribution in [0.2, 0.25) is 0 Å². The van der Waals surface area contributed by atoms with Crippen LogP contribution in [0.4, 0.5) is 0 Å². The van der Waals surface area contributed by atoms with Gasteiger partial charge < -0.3 is 4.74 Å². The van der Waals surface area contributed by atoms with Crippen LogP contribution in [-0.4, -0.2) is 26.0 Å². The van der Waals surface area contributed by atoms with Crippen molar-refractivity contribution in [2.24, 2.45) is 0 Å². The Kier molecular flexibility index (Phi) is 4.22. The van der Waals surface area contributed by atoms with Gasteiger partial charge in [-0.25, -0.2) is 8.42 Å². The first-order chi connectivity index (χ1) is 8.54. The fraction of sp³-hybridized carbons (Fsp3) is 0.538. The van der Waals surface area contributed by atoms with Gasteiger partial charge in [0.1, 0.15) is 5.75 Å². The van der Waals surface area contributed by atoms with Crippen LogP contribution in [0.3, 0.4) is 0 Å². The molecule has 1 aliphatic rings. The van der Waals surface area contributed by atoms with E-state index in [9.17, 15) is 8.42 Å². The van der Waals surface area contributed by atoms with Crippen LogP contribution in [0, 0.1) is 0 Å². The Morgan fingerprint density at radius 1 is 1.22 bits per heavy atom. The van der Waals surface area contributed by atoms with Crippen molar-refractivity contribution in [3.8, 4) is 5.75 Å². The highest BCUT2D eigenvalue weighted by Gasteiger charge is 2.31. The average molecular weight is 286 g/mol. The van der Waals surface area contributed by atoms with Gasteiger partial charge in [-0.3, -0.25) is 0 Å². The number of hydrogen-bond donors (Lipinski definition) is 1. The van der Waals surface area contributed by atoms with E-state index < -0.39 is 9.84 Å². The highest BCUT2D eigenvalue weighted by molar-refractivity contribution is 7.92. The van der Waals surface area contributed by atoms with E-state index >= 15 is 0 Å². The molecule has 1 aromatic carbocycles. The van der Waals surface area contributed by atoms with Gasteiger partial charge in [-0.1, -0.05) is 6.42 Å². The van der Waals surface area contributed by atoms with Gasteiger partial charge >= 0.3 is 0 Å². The van der Waals surface area contributed by atoms with Crippen molar-refractivity contribution in [2.45, 2.75) is 41.1 Å². The lowest BCUT2D eigenvalue weighted by Crippen LogP contribution is -2.28. The first-order valence-electron chi connectivity index (χ1n) is 6.10. The SMILES string of the molecule is COc1ccc(S(=O)(=O)[C@@H]2CCC[C@H](S)C2)cc1. The van der Waals surface area contributed by atoms with Crippen LogP contribution in [-0.2, 0) is 9.84 Å². The van der Waals surface area contributed by atoms with E-state index in [-0.39, 0.29) is 10.5 Å². The maximum Gasteiger partial charge on any atom is 0.181 e. The number of methoxy groups -OCH3 is 1. The number of hydrogen-bond acceptors (Lipinski definition) is 4. The topological polar surface area (TPSA) is 43.4 Å². The third kappa shape index (κ3) is 2.83. The zero-order valence-corrected chi connectivity index (χ0v) is 12.1. The van der Waals surface area contributed by atoms with Crippen molar-refractivity contribution < 1.29 is 13.2 Å². The van der Waals surface area contributed by atoms with E-state index in [1.807, 2.05) is 0 Å². The first kappa shape index (κ1) is 13.7. The maximum absolute atomic E-state index is 12.5. The van der Waals surface area contributed by atoms with Gasteiger partial charge in [0.05, 0.1) is 17.3 Å². The minimum Gasteiger partial charge on any atom is -0.497 e. The summed E-state index contributed by atoms with van der Waals surface area (Å²) in [5, 5.41) is -0.0843. The number of rotatable bonds is 3. The van der Waals surface area contributed by atoms with E-state index in [2.05, 4.69) is 12.6 Å². The second kappa shape index (κ2) is 5.53. The number of thiol groups is 1. The molecule has 0 unspecified atom stereocenters. The van der Waals surface area contributed by atoms with Crippen molar-refractivity contribution in [3.05, 3.63) is 24.3 Å². The summed E-state index contributed by atoms with van der Waals surface area (Å²) in [6, 6.07) is 6.62. The Morgan fingerprint density at radius 3 is 2.44 bits per heavy atom. The minimum atomic E-state index is -3.22. The Morgan fingerprint density at radius 2 is 1.89 bits per heavy atom. The van der Waals surface area contributed by atoms with Crippen LogP contribution in [0.15, 0.2) is 29.2 Å². The minimum absolute atomic E-state index is 0.205. The van der Waals surface area contributed by atoms with Crippen molar-refractivity contribution in [1.82, 2.24) is 0 Å². The van der Waals surface area contributed by atoms with Crippen molar-refractivity contribution in [2.75, 3.05) is 7.11 Å². The lowest BCUT2D eigenvalue weighted by molar-refractivity contribution is 0.414. The molecule has 2 atom stereocenters. The summed E-state index contributed by atoms with van der Waals surface area (Å²) in [7, 11) is -1.66. The Balaban J connectivity index is 2.23. The van der Waals surface area contributed by atoms with Gasteiger partial charge in [0.15, 0.2) is 9.84 Å². The van der Waals surface area contributed by atoms with Crippen molar-refractivity contribution >= 4 is 22.5 Å². The molecule has 0 bridgehead atoms. The highest BCUT2D eigenvalue weighted by atomic mass is 32.2. The number of ether oxygens (including phenoxy) is 1. The summed E-state index contributed by atoms with van der Waals surface area (Å²) in [5.74, 6) is 0.671. The molecule has 0 radical (unpaired) electrons. The quantitative estimate of drug-likeness (QED) is 0.869. The fourth-order valence-electron chi connectivity index (χ4n) is 2.36. The molecule has 0 spiro atoms. The predicted molar refractivity (Wildman–Crippen MR) is 75.2 cm³/mol. The standard InChI is InChI=1S/C13H18O3S2/c1-16-10-5-7-12(8-6-10)18(14,15)13-4-2-3-11(17)9-13/h5-8,11,13,17H,2-4,9H2,1H3/t11-,13+/m0/s1. The molecule has 0 N–H and O–H groups in total. The monoisotopic (exact) mass is 286 g/mol. The lowest BCUT2D eigenvalue weighted by atomic mass is 10.00. The van der Waals surface area contributed by atoms with E-state index in [1.54, 1.807) is 31.4 Å². The molecule has 100 valence electrons. The summed E-state index contributed by atoms with van der Waals surface area (Å²) in [6.45, 7) is 0. The van der Waals surface area contributed by atoms with Crippen LogP contribution in [0.25, 0.3) is 0 Å². The Labute approximate surface area is 114 Å². The molecule has 5 heteroatoms. The molecule has 0 aromatic heterocycles. The summed E-state index contributed by atoms with van der Waals surface area (Å²) in [5.41, 5.74) is 0. The molecule has 1 aliphatic carbocycles. The summed E-state index contributed by atoms with van der Waals surface area (Å²) < 4.78 is 30.0. The van der Waals surface area contributed by atoms with Crippen LogP contribution in [0.1, 0.15) is 25.7 Å². The van der Waals surface area contributed by atoms with Crippen LogP contribution >= 0.6 is 12.6 Å². The van der Waals surface area contributed by atoms with Gasteiger partial charge in [0, 0.05) is 5.25 Å². The van der Waals surface area contributed by atoms with E-state index in [0.29, 0.717) is 17.1 Å². The molecule has 18 heavy (non-hydrogen) atoms. The molecule has 0 heterocycles. The third-order valence-electron chi connectivity index (χ3n) is 3.43. The zero-order chi connectivity index (χ0) is 13.2. The van der Waals surface area contributed by atoms with Gasteiger partial charge in [-0.15, -0.1) is 0 Å². The smallest absolute Gasteiger partial charge is 0.181 e. The molecule has 0 saturated heterocycles. The third-order valence-corrected chi connectivity index (χ3v) is 6.13. The van der Waals surface area contributed by atoms with Gasteiger partial charge in [-0.2, -0.15) is 12.6 Å². The molecule has 3 nitrogen and oxygen atoms in total. The lowest BCUT2D eigenvalue weighted by Gasteiger charge is -2.26. The summed E-state index contributed by atoms with van der Waals surface area (Å²) >= 11 is 4.41. The molecular formula is C13H18O3S2. The van der Waals surface area contributed by atoms with Crippen LogP contribution < -0.4 is 4.74 Å². The largest absolute Gasteiger partial charge is 0.497 e. The fourth-order valence-corrected chi connectivity index (χ4v) is 4.80. The van der Waals surface area contributed by atoms with E-state index in [0.717, 1.165) is 19.3 Å². The molecule has 2 rings (SSSR count). The number of benzene rings is 1. The highest BCUT2D eigenvalue weighted by Crippen LogP contribution is 2.31. The van der Waals surface area contributed by atoms with Gasteiger partial charge in [0.25, 0.3) is 0 Å². The molecule has 1 fully saturated rings. The molecular weight excluding hydrogens is 268 g/mol. The summed E-state index contributed by atoms with van der Waals surface area (Å²) in [4.78, 5) is 0.385. The van der Waals surface area contributed by atoms with Crippen molar-refractivity contribution in [1.29, 1.82) is 0 Å².